The van der Waals surface area contributed by atoms with Crippen LogP contribution in [0, 0.1) is 5.92 Å². The number of ether oxygens (including phenoxy) is 1. The van der Waals surface area contributed by atoms with Crippen molar-refractivity contribution >= 4 is 10.0 Å². The van der Waals surface area contributed by atoms with Gasteiger partial charge in [-0.25, -0.2) is 13.1 Å². The maximum absolute atomic E-state index is 11.8. The zero-order chi connectivity index (χ0) is 13.9. The van der Waals surface area contributed by atoms with E-state index in [0.29, 0.717) is 18.2 Å². The lowest BCUT2D eigenvalue weighted by molar-refractivity contribution is -0.0851. The number of rotatable bonds is 6. The summed E-state index contributed by atoms with van der Waals surface area (Å²) >= 11 is 0. The highest BCUT2D eigenvalue weighted by Gasteiger charge is 2.27. The Hall–Kier alpha value is -0.170. The van der Waals surface area contributed by atoms with E-state index in [1.165, 1.54) is 6.42 Å². The van der Waals surface area contributed by atoms with Gasteiger partial charge in [0.25, 0.3) is 0 Å². The highest BCUT2D eigenvalue weighted by Crippen LogP contribution is 2.27. The number of hydrogen-bond donors (Lipinski definition) is 1. The number of hydrogen-bond acceptors (Lipinski definition) is 4. The molecule has 112 valence electrons. The first kappa shape index (κ1) is 15.2. The first-order valence-corrected chi connectivity index (χ1v) is 8.85. The molecule has 0 spiro atoms. The van der Waals surface area contributed by atoms with Crippen molar-refractivity contribution in [2.75, 3.05) is 38.5 Å². The van der Waals surface area contributed by atoms with Crippen molar-refractivity contribution in [2.45, 2.75) is 38.7 Å². The predicted molar refractivity (Wildman–Crippen MR) is 75.6 cm³/mol. The minimum Gasteiger partial charge on any atom is -0.373 e. The van der Waals surface area contributed by atoms with Gasteiger partial charge in [-0.15, -0.1) is 0 Å². The van der Waals surface area contributed by atoms with E-state index in [9.17, 15) is 8.42 Å². The summed E-state index contributed by atoms with van der Waals surface area (Å²) in [6.07, 6.45) is 3.32. The van der Waals surface area contributed by atoms with Gasteiger partial charge in [-0.05, 0) is 32.6 Å². The van der Waals surface area contributed by atoms with Gasteiger partial charge in [0.1, 0.15) is 0 Å². The Morgan fingerprint density at radius 3 is 2.68 bits per heavy atom. The molecule has 0 amide bonds. The van der Waals surface area contributed by atoms with Crippen LogP contribution >= 0.6 is 0 Å². The summed E-state index contributed by atoms with van der Waals surface area (Å²) in [5.74, 6) is 0.696. The Kier molecular flexibility index (Phi) is 4.87. The van der Waals surface area contributed by atoms with E-state index in [1.54, 1.807) is 0 Å². The fourth-order valence-corrected chi connectivity index (χ4v) is 4.17. The highest BCUT2D eigenvalue weighted by molar-refractivity contribution is 7.89. The molecule has 2 rings (SSSR count). The predicted octanol–water partition coefficient (Wildman–Crippen LogP) is 0.817. The molecule has 6 heteroatoms. The van der Waals surface area contributed by atoms with Crippen molar-refractivity contribution < 1.29 is 13.2 Å². The largest absolute Gasteiger partial charge is 0.373 e. The van der Waals surface area contributed by atoms with Crippen LogP contribution in [-0.4, -0.2) is 57.5 Å². The van der Waals surface area contributed by atoms with Crippen LogP contribution in [0.2, 0.25) is 0 Å². The topological polar surface area (TPSA) is 58.6 Å². The second-order valence-electron chi connectivity index (χ2n) is 6.36. The van der Waals surface area contributed by atoms with Gasteiger partial charge in [-0.3, -0.25) is 4.90 Å². The first-order chi connectivity index (χ1) is 8.86. The average molecular weight is 290 g/mol. The molecule has 1 aliphatic heterocycles. The smallest absolute Gasteiger partial charge is 0.211 e. The summed E-state index contributed by atoms with van der Waals surface area (Å²) in [5.41, 5.74) is -0.122. The van der Waals surface area contributed by atoms with Gasteiger partial charge < -0.3 is 4.74 Å². The van der Waals surface area contributed by atoms with E-state index in [0.717, 1.165) is 39.1 Å². The summed E-state index contributed by atoms with van der Waals surface area (Å²) < 4.78 is 32.1. The molecule has 2 fully saturated rings. The standard InChI is InChI=1S/C13H26N2O3S/c1-13(2)11-15(8-9-18-13)7-6-14-19(16,17)10-12-4-3-5-12/h12,14H,3-11H2,1-2H3. The normalized spacial score (nSPS) is 25.2. The number of nitrogens with zero attached hydrogens (tertiary/aromatic N) is 1. The van der Waals surface area contributed by atoms with Gasteiger partial charge in [0.05, 0.1) is 18.0 Å². The molecule has 1 heterocycles. The Bertz CT molecular complexity index is 391. The molecule has 0 unspecified atom stereocenters. The van der Waals surface area contributed by atoms with Crippen LogP contribution in [0.3, 0.4) is 0 Å². The molecule has 1 saturated heterocycles. The molecule has 0 bridgehead atoms. The number of sulfonamides is 1. The van der Waals surface area contributed by atoms with E-state index in [4.69, 9.17) is 4.74 Å². The average Bonchev–Trinajstić information content (AvgIpc) is 2.22. The van der Waals surface area contributed by atoms with Crippen molar-refractivity contribution in [3.05, 3.63) is 0 Å². The summed E-state index contributed by atoms with van der Waals surface area (Å²) in [4.78, 5) is 2.26. The van der Waals surface area contributed by atoms with Crippen molar-refractivity contribution in [1.29, 1.82) is 0 Å². The monoisotopic (exact) mass is 290 g/mol. The minimum atomic E-state index is -3.08. The molecular formula is C13H26N2O3S. The zero-order valence-electron chi connectivity index (χ0n) is 12.0. The maximum atomic E-state index is 11.8. The van der Waals surface area contributed by atoms with Crippen LogP contribution in [0.1, 0.15) is 33.1 Å². The lowest BCUT2D eigenvalue weighted by Gasteiger charge is -2.38. The third kappa shape index (κ3) is 5.02. The highest BCUT2D eigenvalue weighted by atomic mass is 32.2. The fourth-order valence-electron chi connectivity index (χ4n) is 2.69. The third-order valence-corrected chi connectivity index (χ3v) is 5.49. The second-order valence-corrected chi connectivity index (χ2v) is 8.21. The van der Waals surface area contributed by atoms with Crippen LogP contribution in [0.15, 0.2) is 0 Å². The maximum Gasteiger partial charge on any atom is 0.211 e. The Morgan fingerprint density at radius 1 is 1.37 bits per heavy atom. The van der Waals surface area contributed by atoms with E-state index in [1.807, 2.05) is 0 Å². The second kappa shape index (κ2) is 6.08. The number of morpholine rings is 1. The molecule has 1 aliphatic carbocycles. The van der Waals surface area contributed by atoms with Gasteiger partial charge in [0.2, 0.25) is 10.0 Å². The van der Waals surface area contributed by atoms with Gasteiger partial charge in [0.15, 0.2) is 0 Å². The van der Waals surface area contributed by atoms with E-state index in [-0.39, 0.29) is 5.60 Å². The summed E-state index contributed by atoms with van der Waals surface area (Å²) in [6.45, 7) is 7.87. The Labute approximate surface area is 116 Å². The van der Waals surface area contributed by atoms with E-state index >= 15 is 0 Å². The lowest BCUT2D eigenvalue weighted by atomic mass is 9.87. The molecule has 1 saturated carbocycles. The lowest BCUT2D eigenvalue weighted by Crippen LogP contribution is -2.50. The molecule has 0 aromatic carbocycles. The van der Waals surface area contributed by atoms with Gasteiger partial charge in [0, 0.05) is 26.2 Å². The van der Waals surface area contributed by atoms with Crippen LogP contribution < -0.4 is 4.72 Å². The van der Waals surface area contributed by atoms with Gasteiger partial charge in [-0.1, -0.05) is 6.42 Å². The Balaban J connectivity index is 1.67. The molecule has 5 nitrogen and oxygen atoms in total. The van der Waals surface area contributed by atoms with Gasteiger partial charge >= 0.3 is 0 Å². The van der Waals surface area contributed by atoms with E-state index < -0.39 is 10.0 Å². The summed E-state index contributed by atoms with van der Waals surface area (Å²) in [7, 11) is -3.08. The van der Waals surface area contributed by atoms with Crippen molar-refractivity contribution in [2.24, 2.45) is 5.92 Å². The molecule has 0 aromatic heterocycles. The molecule has 0 atom stereocenters. The Morgan fingerprint density at radius 2 is 2.11 bits per heavy atom. The SMILES string of the molecule is CC1(C)CN(CCNS(=O)(=O)CC2CCC2)CCO1. The molecule has 1 N–H and O–H groups in total. The minimum absolute atomic E-state index is 0.122. The van der Waals surface area contributed by atoms with Crippen molar-refractivity contribution in [1.82, 2.24) is 9.62 Å². The zero-order valence-corrected chi connectivity index (χ0v) is 12.8. The third-order valence-electron chi connectivity index (χ3n) is 3.93. The van der Waals surface area contributed by atoms with Gasteiger partial charge in [-0.2, -0.15) is 0 Å². The molecule has 0 aromatic rings. The summed E-state index contributed by atoms with van der Waals surface area (Å²) in [5, 5.41) is 0. The molecule has 2 aliphatic rings. The first-order valence-electron chi connectivity index (χ1n) is 7.20. The van der Waals surface area contributed by atoms with Crippen LogP contribution in [0.5, 0.6) is 0 Å². The fraction of sp³-hybridized carbons (Fsp3) is 1.00. The van der Waals surface area contributed by atoms with Crippen molar-refractivity contribution in [3.8, 4) is 0 Å². The summed E-state index contributed by atoms with van der Waals surface area (Å²) in [6, 6.07) is 0. The van der Waals surface area contributed by atoms with Crippen LogP contribution in [0.25, 0.3) is 0 Å². The van der Waals surface area contributed by atoms with Crippen LogP contribution in [0.4, 0.5) is 0 Å². The van der Waals surface area contributed by atoms with E-state index in [2.05, 4.69) is 23.5 Å². The molecule has 19 heavy (non-hydrogen) atoms. The molecular weight excluding hydrogens is 264 g/mol. The van der Waals surface area contributed by atoms with Crippen LogP contribution in [-0.2, 0) is 14.8 Å². The number of nitrogens with one attached hydrogen (secondary N) is 1. The van der Waals surface area contributed by atoms with Crippen molar-refractivity contribution in [3.63, 3.8) is 0 Å². The molecule has 0 radical (unpaired) electrons. The quantitative estimate of drug-likeness (QED) is 0.787.